The van der Waals surface area contributed by atoms with Crippen molar-refractivity contribution in [3.05, 3.63) is 50.9 Å². The van der Waals surface area contributed by atoms with E-state index in [-0.39, 0.29) is 11.6 Å². The number of H-pyrrole nitrogens is 1. The van der Waals surface area contributed by atoms with Crippen molar-refractivity contribution in [2.75, 3.05) is 0 Å². The predicted molar refractivity (Wildman–Crippen MR) is 66.7 cm³/mol. The van der Waals surface area contributed by atoms with Crippen molar-refractivity contribution in [3.63, 3.8) is 0 Å². The third-order valence-electron chi connectivity index (χ3n) is 3.09. The molecule has 1 aromatic heterocycles. The molecule has 0 radical (unpaired) electrons. The topological polar surface area (TPSA) is 49.8 Å². The van der Waals surface area contributed by atoms with Crippen molar-refractivity contribution >= 4 is 11.6 Å². The molecule has 1 aromatic carbocycles. The minimum absolute atomic E-state index is 0.000216. The lowest BCUT2D eigenvalue weighted by molar-refractivity contribution is 0.611. The number of hydrogen-bond donors (Lipinski definition) is 2. The zero-order valence-corrected chi connectivity index (χ0v) is 10.1. The van der Waals surface area contributed by atoms with Crippen molar-refractivity contribution < 1.29 is 0 Å². The standard InChI is InChI=1S/C12H12ClN3O/c1-7-11-10(6-14-7)15-16(12(11)17)9-4-2-3-8(13)5-9/h2-5,7,14-15H,6H2,1H3. The highest BCUT2D eigenvalue weighted by Crippen LogP contribution is 2.21. The van der Waals surface area contributed by atoms with Gasteiger partial charge in [-0.25, -0.2) is 4.68 Å². The molecule has 0 bridgehead atoms. The molecule has 88 valence electrons. The van der Waals surface area contributed by atoms with Crippen LogP contribution in [0.3, 0.4) is 0 Å². The lowest BCUT2D eigenvalue weighted by atomic mass is 10.2. The van der Waals surface area contributed by atoms with Crippen LogP contribution in [0.25, 0.3) is 5.69 Å². The van der Waals surface area contributed by atoms with E-state index in [9.17, 15) is 4.79 Å². The largest absolute Gasteiger partial charge is 0.304 e. The van der Waals surface area contributed by atoms with Crippen LogP contribution in [-0.2, 0) is 6.54 Å². The van der Waals surface area contributed by atoms with Crippen LogP contribution >= 0.6 is 11.6 Å². The van der Waals surface area contributed by atoms with Gasteiger partial charge in [0.1, 0.15) is 0 Å². The molecule has 5 heteroatoms. The van der Waals surface area contributed by atoms with Crippen LogP contribution in [0.15, 0.2) is 29.1 Å². The highest BCUT2D eigenvalue weighted by Gasteiger charge is 2.25. The van der Waals surface area contributed by atoms with Crippen LogP contribution in [0.2, 0.25) is 5.02 Å². The van der Waals surface area contributed by atoms with Gasteiger partial charge in [-0.1, -0.05) is 17.7 Å². The highest BCUT2D eigenvalue weighted by atomic mass is 35.5. The smallest absolute Gasteiger partial charge is 0.276 e. The second-order valence-electron chi connectivity index (χ2n) is 4.23. The van der Waals surface area contributed by atoms with Crippen molar-refractivity contribution in [3.8, 4) is 5.69 Å². The Kier molecular flexibility index (Phi) is 2.34. The average molecular weight is 250 g/mol. The molecule has 0 spiro atoms. The van der Waals surface area contributed by atoms with E-state index in [2.05, 4.69) is 10.4 Å². The molecule has 0 saturated carbocycles. The zero-order chi connectivity index (χ0) is 12.0. The van der Waals surface area contributed by atoms with Crippen molar-refractivity contribution in [1.82, 2.24) is 15.1 Å². The molecule has 0 fully saturated rings. The lowest BCUT2D eigenvalue weighted by Crippen LogP contribution is -2.22. The number of nitrogens with one attached hydrogen (secondary N) is 2. The van der Waals surface area contributed by atoms with Crippen molar-refractivity contribution in [2.24, 2.45) is 0 Å². The fourth-order valence-electron chi connectivity index (χ4n) is 2.23. The molecule has 2 aromatic rings. The molecule has 2 N–H and O–H groups in total. The van der Waals surface area contributed by atoms with Gasteiger partial charge in [0.05, 0.1) is 16.9 Å². The van der Waals surface area contributed by atoms with E-state index in [0.29, 0.717) is 11.6 Å². The van der Waals surface area contributed by atoms with Crippen LogP contribution in [-0.4, -0.2) is 9.78 Å². The number of rotatable bonds is 1. The first-order chi connectivity index (χ1) is 8.16. The summed E-state index contributed by atoms with van der Waals surface area (Å²) in [6.45, 7) is 2.70. The minimum Gasteiger partial charge on any atom is -0.304 e. The molecule has 1 unspecified atom stereocenters. The molecule has 1 aliphatic heterocycles. The molecule has 3 rings (SSSR count). The van der Waals surface area contributed by atoms with E-state index in [0.717, 1.165) is 16.9 Å². The van der Waals surface area contributed by atoms with E-state index in [4.69, 9.17) is 11.6 Å². The van der Waals surface area contributed by atoms with Gasteiger partial charge in [-0.05, 0) is 25.1 Å². The van der Waals surface area contributed by atoms with Crippen LogP contribution in [0.1, 0.15) is 24.2 Å². The Bertz CT molecular complexity index is 629. The summed E-state index contributed by atoms with van der Waals surface area (Å²) in [6, 6.07) is 7.35. The number of halogens is 1. The van der Waals surface area contributed by atoms with Gasteiger partial charge in [-0.15, -0.1) is 0 Å². The van der Waals surface area contributed by atoms with E-state index in [1.807, 2.05) is 19.1 Å². The minimum atomic E-state index is -0.000216. The lowest BCUT2D eigenvalue weighted by Gasteiger charge is -2.04. The quantitative estimate of drug-likeness (QED) is 0.812. The van der Waals surface area contributed by atoms with Gasteiger partial charge in [0.2, 0.25) is 0 Å². The SMILES string of the molecule is CC1NCc2[nH]n(-c3cccc(Cl)c3)c(=O)c21. The van der Waals surface area contributed by atoms with Crippen molar-refractivity contribution in [1.29, 1.82) is 0 Å². The van der Waals surface area contributed by atoms with Crippen molar-refractivity contribution in [2.45, 2.75) is 19.5 Å². The normalized spacial score (nSPS) is 18.4. The number of fused-ring (bicyclic) bond motifs is 1. The molecule has 0 saturated heterocycles. The Labute approximate surface area is 103 Å². The summed E-state index contributed by atoms with van der Waals surface area (Å²) in [5.74, 6) is 0. The predicted octanol–water partition coefficient (Wildman–Crippen LogP) is 1.98. The summed E-state index contributed by atoms with van der Waals surface area (Å²) in [6.07, 6.45) is 0. The zero-order valence-electron chi connectivity index (χ0n) is 9.33. The Morgan fingerprint density at radius 3 is 3.00 bits per heavy atom. The average Bonchev–Trinajstić information content (AvgIpc) is 2.81. The maximum absolute atomic E-state index is 12.2. The Morgan fingerprint density at radius 2 is 2.29 bits per heavy atom. The summed E-state index contributed by atoms with van der Waals surface area (Å²) in [5, 5.41) is 6.96. The first-order valence-electron chi connectivity index (χ1n) is 5.50. The molecule has 1 aliphatic rings. The van der Waals surface area contributed by atoms with E-state index in [1.54, 1.807) is 16.8 Å². The molecule has 0 aliphatic carbocycles. The fourth-order valence-corrected chi connectivity index (χ4v) is 2.42. The Hall–Kier alpha value is -1.52. The van der Waals surface area contributed by atoms with Crippen LogP contribution in [0.4, 0.5) is 0 Å². The van der Waals surface area contributed by atoms with Gasteiger partial charge in [0.15, 0.2) is 0 Å². The molecular weight excluding hydrogens is 238 g/mol. The van der Waals surface area contributed by atoms with Crippen LogP contribution in [0, 0.1) is 0 Å². The second-order valence-corrected chi connectivity index (χ2v) is 4.66. The Balaban J connectivity index is 2.18. The maximum Gasteiger partial charge on any atom is 0.276 e. The van der Waals surface area contributed by atoms with Gasteiger partial charge >= 0.3 is 0 Å². The monoisotopic (exact) mass is 249 g/mol. The summed E-state index contributed by atoms with van der Waals surface area (Å²) in [5.41, 5.74) is 2.55. The van der Waals surface area contributed by atoms with Gasteiger partial charge < -0.3 is 5.32 Å². The van der Waals surface area contributed by atoms with Crippen LogP contribution in [0.5, 0.6) is 0 Å². The third kappa shape index (κ3) is 1.61. The van der Waals surface area contributed by atoms with E-state index in [1.165, 1.54) is 0 Å². The number of aromatic nitrogens is 2. The third-order valence-corrected chi connectivity index (χ3v) is 3.32. The maximum atomic E-state index is 12.2. The summed E-state index contributed by atoms with van der Waals surface area (Å²) in [7, 11) is 0. The highest BCUT2D eigenvalue weighted by molar-refractivity contribution is 6.30. The molecule has 17 heavy (non-hydrogen) atoms. The first-order valence-corrected chi connectivity index (χ1v) is 5.88. The summed E-state index contributed by atoms with van der Waals surface area (Å²) >= 11 is 5.93. The number of nitrogens with zero attached hydrogens (tertiary/aromatic N) is 1. The molecule has 0 amide bonds. The number of hydrogen-bond acceptors (Lipinski definition) is 2. The second kappa shape index (κ2) is 3.75. The molecular formula is C12H12ClN3O. The first kappa shape index (κ1) is 10.6. The molecule has 4 nitrogen and oxygen atoms in total. The van der Waals surface area contributed by atoms with Gasteiger partial charge in [-0.3, -0.25) is 9.89 Å². The molecule has 2 heterocycles. The number of aromatic amines is 1. The summed E-state index contributed by atoms with van der Waals surface area (Å²) < 4.78 is 1.55. The fraction of sp³-hybridized carbons (Fsp3) is 0.250. The van der Waals surface area contributed by atoms with E-state index >= 15 is 0 Å². The van der Waals surface area contributed by atoms with E-state index < -0.39 is 0 Å². The van der Waals surface area contributed by atoms with Gasteiger partial charge in [0, 0.05) is 17.6 Å². The number of benzene rings is 1. The van der Waals surface area contributed by atoms with Crippen LogP contribution < -0.4 is 10.9 Å². The molecule has 1 atom stereocenters. The van der Waals surface area contributed by atoms with Gasteiger partial charge in [0.25, 0.3) is 5.56 Å². The Morgan fingerprint density at radius 1 is 1.47 bits per heavy atom. The summed E-state index contributed by atoms with van der Waals surface area (Å²) in [4.78, 5) is 12.2. The van der Waals surface area contributed by atoms with Gasteiger partial charge in [-0.2, -0.15) is 0 Å².